The number of nitrogens with one attached hydrogen (secondary N) is 1. The maximum atomic E-state index is 11.4. The minimum atomic E-state index is -0.305. The summed E-state index contributed by atoms with van der Waals surface area (Å²) < 4.78 is 5.71. The first-order chi connectivity index (χ1) is 9.69. The van der Waals surface area contributed by atoms with Crippen molar-refractivity contribution < 1.29 is 9.53 Å². The zero-order valence-corrected chi connectivity index (χ0v) is 12.0. The second kappa shape index (κ2) is 7.26. The predicted molar refractivity (Wildman–Crippen MR) is 78.4 cm³/mol. The summed E-state index contributed by atoms with van der Waals surface area (Å²) in [4.78, 5) is 13.8. The fourth-order valence-electron chi connectivity index (χ4n) is 2.39. The SMILES string of the molecule is CC1CCN(CCOc2cccc(C(=O)NN)c2)CC1. The van der Waals surface area contributed by atoms with Gasteiger partial charge in [-0.2, -0.15) is 0 Å². The first-order valence-corrected chi connectivity index (χ1v) is 7.15. The van der Waals surface area contributed by atoms with Crippen molar-refractivity contribution in [2.45, 2.75) is 19.8 Å². The molecule has 1 aromatic carbocycles. The quantitative estimate of drug-likeness (QED) is 0.485. The Morgan fingerprint density at radius 2 is 2.20 bits per heavy atom. The molecule has 1 aliphatic rings. The number of rotatable bonds is 5. The number of nitrogens with zero attached hydrogens (tertiary/aromatic N) is 1. The molecule has 2 rings (SSSR count). The zero-order chi connectivity index (χ0) is 14.4. The van der Waals surface area contributed by atoms with E-state index in [4.69, 9.17) is 10.6 Å². The van der Waals surface area contributed by atoms with E-state index < -0.39 is 0 Å². The predicted octanol–water partition coefficient (Wildman–Crippen LogP) is 1.40. The highest BCUT2D eigenvalue weighted by atomic mass is 16.5. The number of piperidine rings is 1. The molecule has 0 aromatic heterocycles. The summed E-state index contributed by atoms with van der Waals surface area (Å²) in [5.74, 6) is 6.36. The number of carbonyl (C=O) groups excluding carboxylic acids is 1. The number of carbonyl (C=O) groups is 1. The molecule has 5 nitrogen and oxygen atoms in total. The van der Waals surface area contributed by atoms with Gasteiger partial charge >= 0.3 is 0 Å². The van der Waals surface area contributed by atoms with Gasteiger partial charge in [-0.25, -0.2) is 5.84 Å². The number of likely N-dealkylation sites (tertiary alicyclic amines) is 1. The lowest BCUT2D eigenvalue weighted by Crippen LogP contribution is -2.35. The highest BCUT2D eigenvalue weighted by Gasteiger charge is 2.15. The molecule has 0 atom stereocenters. The van der Waals surface area contributed by atoms with Crippen molar-refractivity contribution in [2.75, 3.05) is 26.2 Å². The monoisotopic (exact) mass is 277 g/mol. The van der Waals surface area contributed by atoms with E-state index in [9.17, 15) is 4.79 Å². The number of hydrogen-bond donors (Lipinski definition) is 2. The van der Waals surface area contributed by atoms with Gasteiger partial charge in [-0.1, -0.05) is 13.0 Å². The molecule has 1 saturated heterocycles. The van der Waals surface area contributed by atoms with Gasteiger partial charge < -0.3 is 4.74 Å². The molecular formula is C15H23N3O2. The van der Waals surface area contributed by atoms with Gasteiger partial charge in [0, 0.05) is 12.1 Å². The van der Waals surface area contributed by atoms with Crippen LogP contribution in [0.5, 0.6) is 5.75 Å². The molecule has 1 aromatic rings. The number of hydrogen-bond acceptors (Lipinski definition) is 4. The number of hydrazine groups is 1. The van der Waals surface area contributed by atoms with Crippen molar-refractivity contribution in [3.8, 4) is 5.75 Å². The van der Waals surface area contributed by atoms with Crippen LogP contribution < -0.4 is 16.0 Å². The van der Waals surface area contributed by atoms with Crippen LogP contribution >= 0.6 is 0 Å². The van der Waals surface area contributed by atoms with Crippen molar-refractivity contribution in [1.29, 1.82) is 0 Å². The van der Waals surface area contributed by atoms with Crippen LogP contribution in [-0.2, 0) is 0 Å². The van der Waals surface area contributed by atoms with Gasteiger partial charge in [0.05, 0.1) is 0 Å². The summed E-state index contributed by atoms with van der Waals surface area (Å²) in [6, 6.07) is 7.07. The lowest BCUT2D eigenvalue weighted by atomic mass is 9.99. The average Bonchev–Trinajstić information content (AvgIpc) is 2.49. The van der Waals surface area contributed by atoms with Crippen LogP contribution in [0.1, 0.15) is 30.1 Å². The Bertz CT molecular complexity index is 442. The number of nitrogen functional groups attached to an aromatic ring is 1. The van der Waals surface area contributed by atoms with Crippen LogP contribution in [0.3, 0.4) is 0 Å². The number of ether oxygens (including phenoxy) is 1. The van der Waals surface area contributed by atoms with E-state index in [-0.39, 0.29) is 5.91 Å². The molecule has 5 heteroatoms. The normalized spacial score (nSPS) is 16.9. The summed E-state index contributed by atoms with van der Waals surface area (Å²) in [5.41, 5.74) is 2.63. The molecule has 1 aliphatic heterocycles. The maximum Gasteiger partial charge on any atom is 0.265 e. The summed E-state index contributed by atoms with van der Waals surface area (Å²) >= 11 is 0. The van der Waals surface area contributed by atoms with E-state index in [1.807, 2.05) is 6.07 Å². The van der Waals surface area contributed by atoms with Crippen LogP contribution in [0.25, 0.3) is 0 Å². The van der Waals surface area contributed by atoms with Crippen LogP contribution in [0.4, 0.5) is 0 Å². The van der Waals surface area contributed by atoms with E-state index in [1.165, 1.54) is 12.8 Å². The second-order valence-electron chi connectivity index (χ2n) is 5.37. The van der Waals surface area contributed by atoms with E-state index in [2.05, 4.69) is 17.2 Å². The van der Waals surface area contributed by atoms with Gasteiger partial charge in [-0.15, -0.1) is 0 Å². The van der Waals surface area contributed by atoms with E-state index in [0.29, 0.717) is 17.9 Å². The maximum absolute atomic E-state index is 11.4. The minimum Gasteiger partial charge on any atom is -0.492 e. The zero-order valence-electron chi connectivity index (χ0n) is 12.0. The fourth-order valence-corrected chi connectivity index (χ4v) is 2.39. The molecule has 1 amide bonds. The van der Waals surface area contributed by atoms with Crippen LogP contribution in [0, 0.1) is 5.92 Å². The Hall–Kier alpha value is -1.59. The number of benzene rings is 1. The molecule has 1 fully saturated rings. The molecule has 0 radical (unpaired) electrons. The molecular weight excluding hydrogens is 254 g/mol. The molecule has 1 heterocycles. The third-order valence-corrected chi connectivity index (χ3v) is 3.78. The van der Waals surface area contributed by atoms with Gasteiger partial charge in [-0.3, -0.25) is 15.1 Å². The molecule has 110 valence electrons. The highest BCUT2D eigenvalue weighted by molar-refractivity contribution is 5.94. The van der Waals surface area contributed by atoms with Crippen LogP contribution in [0.15, 0.2) is 24.3 Å². The summed E-state index contributed by atoms with van der Waals surface area (Å²) in [6.45, 7) is 6.18. The Morgan fingerprint density at radius 1 is 1.45 bits per heavy atom. The Morgan fingerprint density at radius 3 is 2.90 bits per heavy atom. The second-order valence-corrected chi connectivity index (χ2v) is 5.37. The van der Waals surface area contributed by atoms with E-state index >= 15 is 0 Å². The van der Waals surface area contributed by atoms with Gasteiger partial charge in [0.25, 0.3) is 5.91 Å². The number of nitrogens with two attached hydrogens (primary N) is 1. The lowest BCUT2D eigenvalue weighted by molar-refractivity contribution is 0.0953. The topological polar surface area (TPSA) is 67.6 Å². The van der Waals surface area contributed by atoms with Crippen LogP contribution in [0.2, 0.25) is 0 Å². The average molecular weight is 277 g/mol. The van der Waals surface area contributed by atoms with Crippen molar-refractivity contribution in [3.63, 3.8) is 0 Å². The smallest absolute Gasteiger partial charge is 0.265 e. The molecule has 20 heavy (non-hydrogen) atoms. The number of amides is 1. The summed E-state index contributed by atoms with van der Waals surface area (Å²) in [7, 11) is 0. The van der Waals surface area contributed by atoms with Gasteiger partial charge in [-0.05, 0) is 50.0 Å². The third-order valence-electron chi connectivity index (χ3n) is 3.78. The largest absolute Gasteiger partial charge is 0.492 e. The molecule has 0 aliphatic carbocycles. The van der Waals surface area contributed by atoms with Crippen molar-refractivity contribution in [3.05, 3.63) is 29.8 Å². The van der Waals surface area contributed by atoms with Gasteiger partial charge in [0.15, 0.2) is 0 Å². The third kappa shape index (κ3) is 4.21. The standard InChI is InChI=1S/C15H23N3O2/c1-12-5-7-18(8-6-12)9-10-20-14-4-2-3-13(11-14)15(19)17-16/h2-4,11-12H,5-10,16H2,1H3,(H,17,19). The van der Waals surface area contributed by atoms with Crippen molar-refractivity contribution in [1.82, 2.24) is 10.3 Å². The Kier molecular flexibility index (Phi) is 5.38. The van der Waals surface area contributed by atoms with E-state index in [1.54, 1.807) is 18.2 Å². The summed E-state index contributed by atoms with van der Waals surface area (Å²) in [6.07, 6.45) is 2.54. The molecule has 0 spiro atoms. The van der Waals surface area contributed by atoms with Gasteiger partial charge in [0.2, 0.25) is 0 Å². The van der Waals surface area contributed by atoms with E-state index in [0.717, 1.165) is 25.6 Å². The highest BCUT2D eigenvalue weighted by Crippen LogP contribution is 2.16. The molecule has 0 saturated carbocycles. The molecule has 3 N–H and O–H groups in total. The van der Waals surface area contributed by atoms with Crippen molar-refractivity contribution in [2.24, 2.45) is 11.8 Å². The van der Waals surface area contributed by atoms with Crippen LogP contribution in [-0.4, -0.2) is 37.0 Å². The summed E-state index contributed by atoms with van der Waals surface area (Å²) in [5, 5.41) is 0. The first kappa shape index (κ1) is 14.8. The van der Waals surface area contributed by atoms with Gasteiger partial charge in [0.1, 0.15) is 12.4 Å². The minimum absolute atomic E-state index is 0.305. The van der Waals surface area contributed by atoms with Crippen molar-refractivity contribution >= 4 is 5.91 Å². The molecule has 0 bridgehead atoms. The lowest BCUT2D eigenvalue weighted by Gasteiger charge is -2.29. The molecule has 0 unspecified atom stereocenters. The first-order valence-electron chi connectivity index (χ1n) is 7.15. The fraction of sp³-hybridized carbons (Fsp3) is 0.533. The Labute approximate surface area is 120 Å². The Balaban J connectivity index is 1.78.